The Morgan fingerprint density at radius 2 is 2.00 bits per heavy atom. The maximum Gasteiger partial charge on any atom is 0.226 e. The van der Waals surface area contributed by atoms with Crippen LogP contribution in [0.5, 0.6) is 0 Å². The lowest BCUT2D eigenvalue weighted by Crippen LogP contribution is -2.53. The second-order valence-corrected chi connectivity index (χ2v) is 8.16. The lowest BCUT2D eigenvalue weighted by atomic mass is 9.68. The molecule has 3 aliphatic carbocycles. The highest BCUT2D eigenvalue weighted by Crippen LogP contribution is 2.57. The van der Waals surface area contributed by atoms with E-state index in [-0.39, 0.29) is 11.3 Å². The molecule has 3 unspecified atom stereocenters. The third-order valence-corrected chi connectivity index (χ3v) is 6.65. The van der Waals surface area contributed by atoms with Gasteiger partial charge in [-0.05, 0) is 62.3 Å². The number of amides is 1. The smallest absolute Gasteiger partial charge is 0.226 e. The summed E-state index contributed by atoms with van der Waals surface area (Å²) in [5.74, 6) is 1.43. The number of hydrogen-bond acceptors (Lipinski definition) is 2. The summed E-state index contributed by atoms with van der Waals surface area (Å²) in [5, 5.41) is 13.4. The normalized spacial score (nSPS) is 34.1. The van der Waals surface area contributed by atoms with Gasteiger partial charge in [0, 0.05) is 6.54 Å². The maximum atomic E-state index is 13.1. The van der Waals surface area contributed by atoms with Crippen LogP contribution in [-0.4, -0.2) is 23.2 Å². The van der Waals surface area contributed by atoms with Crippen LogP contribution >= 0.6 is 0 Å². The first-order valence-corrected chi connectivity index (χ1v) is 9.14. The van der Waals surface area contributed by atoms with E-state index < -0.39 is 5.60 Å². The summed E-state index contributed by atoms with van der Waals surface area (Å²) in [6, 6.07) is 10.4. The fraction of sp³-hybridized carbons (Fsp3) is 0.650. The van der Waals surface area contributed by atoms with E-state index in [0.29, 0.717) is 12.5 Å². The maximum absolute atomic E-state index is 13.1. The van der Waals surface area contributed by atoms with E-state index in [4.69, 9.17) is 0 Å². The molecule has 0 aromatic heterocycles. The van der Waals surface area contributed by atoms with Crippen molar-refractivity contribution in [2.75, 3.05) is 6.54 Å². The molecule has 0 spiro atoms. The minimum Gasteiger partial charge on any atom is -0.388 e. The van der Waals surface area contributed by atoms with Crippen LogP contribution in [0.4, 0.5) is 0 Å². The molecule has 0 radical (unpaired) electrons. The van der Waals surface area contributed by atoms with Gasteiger partial charge in [0.1, 0.15) is 0 Å². The van der Waals surface area contributed by atoms with Gasteiger partial charge in [-0.25, -0.2) is 0 Å². The quantitative estimate of drug-likeness (QED) is 0.878. The zero-order valence-electron chi connectivity index (χ0n) is 13.8. The molecule has 1 aromatic rings. The average Bonchev–Trinajstić information content (AvgIpc) is 3.13. The summed E-state index contributed by atoms with van der Waals surface area (Å²) in [4.78, 5) is 13.1. The minimum atomic E-state index is -0.638. The van der Waals surface area contributed by atoms with Crippen molar-refractivity contribution in [3.63, 3.8) is 0 Å². The Kier molecular flexibility index (Phi) is 3.72. The number of benzene rings is 1. The number of carbonyl (C=O) groups excluding carboxylic acids is 1. The van der Waals surface area contributed by atoms with Gasteiger partial charge in [0.2, 0.25) is 5.91 Å². The molecular formula is C20H27NO2. The van der Waals surface area contributed by atoms with E-state index in [1.807, 2.05) is 6.07 Å². The highest BCUT2D eigenvalue weighted by molar-refractivity contribution is 5.84. The Balaban J connectivity index is 1.52. The second-order valence-electron chi connectivity index (χ2n) is 8.16. The molecule has 1 amide bonds. The standard InChI is InChI=1S/C20H27NO2/c22-18(21-14-19(23)9-4-10-19)20(12-15-5-2-1-3-6-15)13-16-7-8-17(20)11-16/h1-3,5-6,16-17,23H,4,7-14H2,(H,21,22). The Bertz CT molecular complexity index is 581. The number of aliphatic hydroxyl groups is 1. The number of nitrogens with one attached hydrogen (secondary N) is 1. The average molecular weight is 313 g/mol. The van der Waals surface area contributed by atoms with Crippen molar-refractivity contribution in [2.45, 2.75) is 57.0 Å². The Labute approximate surface area is 138 Å². The zero-order valence-corrected chi connectivity index (χ0v) is 13.8. The van der Waals surface area contributed by atoms with Crippen LogP contribution in [0.2, 0.25) is 0 Å². The summed E-state index contributed by atoms with van der Waals surface area (Å²) in [5.41, 5.74) is 0.378. The van der Waals surface area contributed by atoms with Crippen molar-refractivity contribution >= 4 is 5.91 Å². The number of fused-ring (bicyclic) bond motifs is 2. The van der Waals surface area contributed by atoms with Gasteiger partial charge in [0.15, 0.2) is 0 Å². The molecule has 2 N–H and O–H groups in total. The fourth-order valence-electron chi connectivity index (χ4n) is 5.16. The highest BCUT2D eigenvalue weighted by Gasteiger charge is 2.55. The fourth-order valence-corrected chi connectivity index (χ4v) is 5.16. The van der Waals surface area contributed by atoms with Gasteiger partial charge < -0.3 is 10.4 Å². The predicted octanol–water partition coefficient (Wildman–Crippen LogP) is 3.07. The van der Waals surface area contributed by atoms with Gasteiger partial charge in [0.25, 0.3) is 0 Å². The van der Waals surface area contributed by atoms with E-state index in [9.17, 15) is 9.90 Å². The van der Waals surface area contributed by atoms with Crippen molar-refractivity contribution < 1.29 is 9.90 Å². The van der Waals surface area contributed by atoms with E-state index in [0.717, 1.165) is 38.0 Å². The monoisotopic (exact) mass is 313 g/mol. The summed E-state index contributed by atoms with van der Waals surface area (Å²) in [7, 11) is 0. The topological polar surface area (TPSA) is 49.3 Å². The number of rotatable bonds is 5. The van der Waals surface area contributed by atoms with Crippen molar-refractivity contribution in [3.05, 3.63) is 35.9 Å². The van der Waals surface area contributed by atoms with E-state index >= 15 is 0 Å². The van der Waals surface area contributed by atoms with Crippen molar-refractivity contribution in [2.24, 2.45) is 17.3 Å². The number of carbonyl (C=O) groups is 1. The predicted molar refractivity (Wildman–Crippen MR) is 89.8 cm³/mol. The molecule has 0 aliphatic heterocycles. The van der Waals surface area contributed by atoms with Gasteiger partial charge in [-0.2, -0.15) is 0 Å². The molecule has 3 nitrogen and oxygen atoms in total. The second kappa shape index (κ2) is 5.62. The third kappa shape index (κ3) is 2.69. The van der Waals surface area contributed by atoms with Gasteiger partial charge in [0.05, 0.1) is 11.0 Å². The molecule has 124 valence electrons. The van der Waals surface area contributed by atoms with Crippen molar-refractivity contribution in [1.82, 2.24) is 5.32 Å². The molecule has 1 aromatic carbocycles. The largest absolute Gasteiger partial charge is 0.388 e. The molecule has 0 saturated heterocycles. The third-order valence-electron chi connectivity index (χ3n) is 6.65. The van der Waals surface area contributed by atoms with E-state index in [1.54, 1.807) is 0 Å². The van der Waals surface area contributed by atoms with Crippen molar-refractivity contribution in [3.8, 4) is 0 Å². The van der Waals surface area contributed by atoms with Crippen LogP contribution in [-0.2, 0) is 11.2 Å². The molecule has 3 saturated carbocycles. The molecule has 3 aliphatic rings. The van der Waals surface area contributed by atoms with Gasteiger partial charge in [-0.1, -0.05) is 36.8 Å². The number of hydrogen-bond donors (Lipinski definition) is 2. The highest BCUT2D eigenvalue weighted by atomic mass is 16.3. The molecule has 23 heavy (non-hydrogen) atoms. The van der Waals surface area contributed by atoms with E-state index in [2.05, 4.69) is 29.6 Å². The van der Waals surface area contributed by atoms with Crippen LogP contribution in [0.3, 0.4) is 0 Å². The Hall–Kier alpha value is -1.35. The summed E-state index contributed by atoms with van der Waals surface area (Å²) >= 11 is 0. The molecule has 0 heterocycles. The molecule has 3 heteroatoms. The first-order valence-electron chi connectivity index (χ1n) is 9.14. The van der Waals surface area contributed by atoms with Crippen LogP contribution in [0.25, 0.3) is 0 Å². The molecule has 3 atom stereocenters. The summed E-state index contributed by atoms with van der Waals surface area (Å²) in [6.45, 7) is 0.430. The van der Waals surface area contributed by atoms with Crippen LogP contribution < -0.4 is 5.32 Å². The van der Waals surface area contributed by atoms with Crippen LogP contribution in [0.15, 0.2) is 30.3 Å². The first kappa shape index (κ1) is 15.2. The minimum absolute atomic E-state index is 0.189. The van der Waals surface area contributed by atoms with E-state index in [1.165, 1.54) is 24.8 Å². The summed E-state index contributed by atoms with van der Waals surface area (Å²) in [6.07, 6.45) is 8.29. The molecule has 3 fully saturated rings. The van der Waals surface area contributed by atoms with Crippen molar-refractivity contribution in [1.29, 1.82) is 0 Å². The van der Waals surface area contributed by atoms with Gasteiger partial charge in [-0.15, -0.1) is 0 Å². The van der Waals surface area contributed by atoms with Gasteiger partial charge in [-0.3, -0.25) is 4.79 Å². The Morgan fingerprint density at radius 1 is 1.22 bits per heavy atom. The molecule has 2 bridgehead atoms. The molecule has 4 rings (SSSR count). The van der Waals surface area contributed by atoms with Gasteiger partial charge >= 0.3 is 0 Å². The SMILES string of the molecule is O=C(NCC1(O)CCC1)C1(Cc2ccccc2)CC2CCC1C2. The van der Waals surface area contributed by atoms with Crippen LogP contribution in [0.1, 0.15) is 50.5 Å². The zero-order chi connectivity index (χ0) is 15.9. The Morgan fingerprint density at radius 3 is 2.57 bits per heavy atom. The summed E-state index contributed by atoms with van der Waals surface area (Å²) < 4.78 is 0. The molecular weight excluding hydrogens is 286 g/mol. The van der Waals surface area contributed by atoms with Crippen LogP contribution in [0, 0.1) is 17.3 Å². The lowest BCUT2D eigenvalue weighted by molar-refractivity contribution is -0.136. The lowest BCUT2D eigenvalue weighted by Gasteiger charge is -2.40. The first-order chi connectivity index (χ1) is 11.1.